The molecule has 0 spiro atoms. The van der Waals surface area contributed by atoms with E-state index in [1.807, 2.05) is 12.1 Å². The number of hydrogen-bond donors (Lipinski definition) is 1. The van der Waals surface area contributed by atoms with Gasteiger partial charge in [0, 0.05) is 0 Å². The lowest BCUT2D eigenvalue weighted by Gasteiger charge is -2.36. The molecule has 6 heteroatoms. The zero-order valence-electron chi connectivity index (χ0n) is 10.3. The lowest BCUT2D eigenvalue weighted by Crippen LogP contribution is -2.42. The summed E-state index contributed by atoms with van der Waals surface area (Å²) >= 11 is 0. The first-order chi connectivity index (χ1) is 7.66. The van der Waals surface area contributed by atoms with Gasteiger partial charge >= 0.3 is 0 Å². The number of nitrogens with two attached hydrogens (primary N) is 1. The third-order valence-corrected chi connectivity index (χ3v) is 3.39. The predicted molar refractivity (Wildman–Crippen MR) is 77.6 cm³/mol. The number of aldehydes is 1. The molecule has 1 aliphatic rings. The van der Waals surface area contributed by atoms with Gasteiger partial charge in [0.15, 0.2) is 0 Å². The normalized spacial score (nSPS) is 18.3. The van der Waals surface area contributed by atoms with Crippen LogP contribution < -0.4 is 5.73 Å². The Bertz CT molecular complexity index is 393. The number of halogens is 2. The fraction of sp³-hybridized carbons (Fsp3) is 0.500. The highest BCUT2D eigenvalue weighted by Crippen LogP contribution is 2.32. The molecule has 0 atom stereocenters. The number of nitrogen functional groups attached to an aromatic ring is 1. The Kier molecular flexibility index (Phi) is 6.60. The number of rotatable bonds is 2. The Hall–Kier alpha value is -0.840. The van der Waals surface area contributed by atoms with Crippen molar-refractivity contribution in [2.24, 2.45) is 0 Å². The van der Waals surface area contributed by atoms with Gasteiger partial charge in [-0.1, -0.05) is 6.07 Å². The van der Waals surface area contributed by atoms with Gasteiger partial charge < -0.3 is 15.4 Å². The van der Waals surface area contributed by atoms with Crippen LogP contribution in [0.25, 0.3) is 0 Å². The highest BCUT2D eigenvalue weighted by atomic mass is 35.5. The van der Waals surface area contributed by atoms with Crippen LogP contribution in [-0.4, -0.2) is 36.3 Å². The number of carbonyl (C=O) groups is 1. The second-order valence-corrected chi connectivity index (χ2v) is 4.52. The van der Waals surface area contributed by atoms with Gasteiger partial charge in [0.05, 0.1) is 11.1 Å². The van der Waals surface area contributed by atoms with Crippen LogP contribution in [0.4, 0.5) is 5.82 Å². The molecule has 2 rings (SSSR count). The van der Waals surface area contributed by atoms with E-state index in [1.165, 1.54) is 0 Å². The zero-order valence-corrected chi connectivity index (χ0v) is 12.0. The second kappa shape index (κ2) is 6.92. The van der Waals surface area contributed by atoms with Crippen molar-refractivity contribution in [3.63, 3.8) is 0 Å². The molecule has 2 heterocycles. The molecular weight excluding hydrogens is 273 g/mol. The van der Waals surface area contributed by atoms with Gasteiger partial charge in [-0.25, -0.2) is 4.98 Å². The summed E-state index contributed by atoms with van der Waals surface area (Å²) in [5.74, 6) is 0.484. The van der Waals surface area contributed by atoms with Crippen molar-refractivity contribution in [1.82, 2.24) is 9.88 Å². The van der Waals surface area contributed by atoms with E-state index in [2.05, 4.69) is 16.9 Å². The molecule has 18 heavy (non-hydrogen) atoms. The molecular formula is C12H19Cl2N3O. The first-order valence-corrected chi connectivity index (χ1v) is 5.54. The molecule has 1 aromatic heterocycles. The number of nitrogens with zero attached hydrogens (tertiary/aromatic N) is 2. The Balaban J connectivity index is 0.00000144. The van der Waals surface area contributed by atoms with Crippen molar-refractivity contribution in [2.75, 3.05) is 25.9 Å². The van der Waals surface area contributed by atoms with Crippen LogP contribution in [0.15, 0.2) is 18.2 Å². The van der Waals surface area contributed by atoms with E-state index < -0.39 is 5.41 Å². The van der Waals surface area contributed by atoms with Gasteiger partial charge in [-0.3, -0.25) is 0 Å². The predicted octanol–water partition coefficient (Wildman–Crippen LogP) is 1.67. The first-order valence-electron chi connectivity index (χ1n) is 5.54. The fourth-order valence-electron chi connectivity index (χ4n) is 2.18. The van der Waals surface area contributed by atoms with Crippen LogP contribution >= 0.6 is 24.8 Å². The Morgan fingerprint density at radius 2 is 1.94 bits per heavy atom. The maximum atomic E-state index is 11.4. The van der Waals surface area contributed by atoms with Crippen LogP contribution in [0.1, 0.15) is 18.5 Å². The number of carbonyl (C=O) groups excluding carboxylic acids is 1. The minimum Gasteiger partial charge on any atom is -0.384 e. The average molecular weight is 292 g/mol. The van der Waals surface area contributed by atoms with Gasteiger partial charge in [0.25, 0.3) is 0 Å². The van der Waals surface area contributed by atoms with Gasteiger partial charge in [-0.2, -0.15) is 0 Å². The number of pyridine rings is 1. The molecule has 0 bridgehead atoms. The van der Waals surface area contributed by atoms with E-state index in [9.17, 15) is 4.79 Å². The van der Waals surface area contributed by atoms with Crippen molar-refractivity contribution in [3.05, 3.63) is 23.9 Å². The Morgan fingerprint density at radius 1 is 1.33 bits per heavy atom. The monoisotopic (exact) mass is 291 g/mol. The Morgan fingerprint density at radius 3 is 2.44 bits per heavy atom. The summed E-state index contributed by atoms with van der Waals surface area (Å²) in [6.07, 6.45) is 2.69. The van der Waals surface area contributed by atoms with Gasteiger partial charge in [0.1, 0.15) is 12.1 Å². The molecule has 0 radical (unpaired) electrons. The van der Waals surface area contributed by atoms with Crippen LogP contribution in [0, 0.1) is 0 Å². The minimum atomic E-state index is -0.429. The van der Waals surface area contributed by atoms with Gasteiger partial charge in [-0.15, -0.1) is 24.8 Å². The van der Waals surface area contributed by atoms with Crippen molar-refractivity contribution >= 4 is 36.9 Å². The zero-order chi connectivity index (χ0) is 11.6. The molecule has 2 N–H and O–H groups in total. The third kappa shape index (κ3) is 3.34. The first kappa shape index (κ1) is 17.2. The lowest BCUT2D eigenvalue weighted by molar-refractivity contribution is -0.114. The van der Waals surface area contributed by atoms with Crippen molar-refractivity contribution < 1.29 is 4.79 Å². The summed E-state index contributed by atoms with van der Waals surface area (Å²) in [4.78, 5) is 17.9. The van der Waals surface area contributed by atoms with Crippen molar-refractivity contribution in [3.8, 4) is 0 Å². The van der Waals surface area contributed by atoms with Crippen molar-refractivity contribution in [2.45, 2.75) is 18.3 Å². The van der Waals surface area contributed by atoms with E-state index in [1.54, 1.807) is 6.07 Å². The van der Waals surface area contributed by atoms with E-state index in [-0.39, 0.29) is 24.8 Å². The molecule has 0 aliphatic carbocycles. The highest BCUT2D eigenvalue weighted by molar-refractivity contribution is 5.85. The molecule has 0 unspecified atom stereocenters. The summed E-state index contributed by atoms with van der Waals surface area (Å²) in [5, 5.41) is 0. The largest absolute Gasteiger partial charge is 0.384 e. The smallest absolute Gasteiger partial charge is 0.132 e. The van der Waals surface area contributed by atoms with Crippen LogP contribution in [-0.2, 0) is 10.2 Å². The number of aromatic nitrogens is 1. The van der Waals surface area contributed by atoms with E-state index in [4.69, 9.17) is 5.73 Å². The standard InChI is InChI=1S/C12H17N3O.2ClH/c1-15-7-5-12(9-16,6-8-15)10-3-2-4-11(13)14-10;;/h2-4,9H,5-8H2,1H3,(H2,13,14);2*1H. The Labute approximate surface area is 120 Å². The van der Waals surface area contributed by atoms with E-state index in [0.717, 1.165) is 37.9 Å². The minimum absolute atomic E-state index is 0. The third-order valence-electron chi connectivity index (χ3n) is 3.39. The molecule has 0 saturated carbocycles. The highest BCUT2D eigenvalue weighted by Gasteiger charge is 2.36. The van der Waals surface area contributed by atoms with Crippen LogP contribution in [0.5, 0.6) is 0 Å². The number of piperidine rings is 1. The molecule has 4 nitrogen and oxygen atoms in total. The molecule has 1 saturated heterocycles. The summed E-state index contributed by atoms with van der Waals surface area (Å²) in [6.45, 7) is 1.85. The molecule has 1 aromatic rings. The van der Waals surface area contributed by atoms with Crippen LogP contribution in [0.2, 0.25) is 0 Å². The number of likely N-dealkylation sites (tertiary alicyclic amines) is 1. The van der Waals surface area contributed by atoms with Gasteiger partial charge in [0.2, 0.25) is 0 Å². The maximum absolute atomic E-state index is 11.4. The summed E-state index contributed by atoms with van der Waals surface area (Å²) in [7, 11) is 2.07. The fourth-order valence-corrected chi connectivity index (χ4v) is 2.18. The number of anilines is 1. The summed E-state index contributed by atoms with van der Waals surface area (Å²) in [5.41, 5.74) is 6.06. The summed E-state index contributed by atoms with van der Waals surface area (Å²) < 4.78 is 0. The molecule has 102 valence electrons. The topological polar surface area (TPSA) is 59.2 Å². The average Bonchev–Trinajstić information content (AvgIpc) is 2.31. The quantitative estimate of drug-likeness (QED) is 0.842. The second-order valence-electron chi connectivity index (χ2n) is 4.52. The maximum Gasteiger partial charge on any atom is 0.132 e. The lowest BCUT2D eigenvalue weighted by atomic mass is 9.77. The summed E-state index contributed by atoms with van der Waals surface area (Å²) in [6, 6.07) is 5.51. The van der Waals surface area contributed by atoms with E-state index in [0.29, 0.717) is 5.82 Å². The molecule has 1 fully saturated rings. The SMILES string of the molecule is CN1CCC(C=O)(c2cccc(N)n2)CC1.Cl.Cl. The van der Waals surface area contributed by atoms with Crippen LogP contribution in [0.3, 0.4) is 0 Å². The number of hydrogen-bond acceptors (Lipinski definition) is 4. The molecule has 1 aliphatic heterocycles. The molecule has 0 amide bonds. The van der Waals surface area contributed by atoms with Crippen molar-refractivity contribution in [1.29, 1.82) is 0 Å². The molecule has 0 aromatic carbocycles. The van der Waals surface area contributed by atoms with Gasteiger partial charge in [-0.05, 0) is 45.1 Å². The van der Waals surface area contributed by atoms with E-state index >= 15 is 0 Å².